The summed E-state index contributed by atoms with van der Waals surface area (Å²) >= 11 is 0. The molecule has 1 aliphatic rings. The van der Waals surface area contributed by atoms with Crippen LogP contribution in [0.2, 0.25) is 0 Å². The van der Waals surface area contributed by atoms with Crippen molar-refractivity contribution < 1.29 is 4.74 Å². The van der Waals surface area contributed by atoms with E-state index in [1.807, 2.05) is 42.6 Å². The van der Waals surface area contributed by atoms with Crippen molar-refractivity contribution in [2.45, 2.75) is 0 Å². The smallest absolute Gasteiger partial charge is 0.144 e. The van der Waals surface area contributed by atoms with Crippen LogP contribution in [0, 0.1) is 0 Å². The van der Waals surface area contributed by atoms with Crippen molar-refractivity contribution in [1.82, 2.24) is 14.9 Å². The number of fused-ring (bicyclic) bond motifs is 1. The molecule has 0 aliphatic carbocycles. The molecular weight excluding hydrogens is 412 g/mol. The molecule has 0 amide bonds. The van der Waals surface area contributed by atoms with Crippen molar-refractivity contribution in [2.24, 2.45) is 0 Å². The maximum absolute atomic E-state index is 5.69. The number of likely N-dealkylation sites (N-methyl/N-ethyl adjacent to an activating group) is 1. The van der Waals surface area contributed by atoms with E-state index in [1.165, 1.54) is 5.69 Å². The Morgan fingerprint density at radius 3 is 2.48 bits per heavy atom. The van der Waals surface area contributed by atoms with Crippen LogP contribution in [0.5, 0.6) is 5.75 Å². The first-order chi connectivity index (χ1) is 16.2. The lowest BCUT2D eigenvalue weighted by Gasteiger charge is -2.34. The van der Waals surface area contributed by atoms with Crippen LogP contribution in [0.4, 0.5) is 28.6 Å². The van der Waals surface area contributed by atoms with E-state index < -0.39 is 0 Å². The molecule has 0 saturated carbocycles. The van der Waals surface area contributed by atoms with Gasteiger partial charge < -0.3 is 25.2 Å². The number of methoxy groups -OCH3 is 1. The Morgan fingerprint density at radius 2 is 1.64 bits per heavy atom. The van der Waals surface area contributed by atoms with Crippen molar-refractivity contribution in [3.63, 3.8) is 0 Å². The van der Waals surface area contributed by atoms with Crippen molar-refractivity contribution >= 4 is 39.5 Å². The van der Waals surface area contributed by atoms with Gasteiger partial charge in [0.25, 0.3) is 0 Å². The first kappa shape index (κ1) is 21.0. The van der Waals surface area contributed by atoms with Crippen LogP contribution in [0.15, 0.2) is 73.1 Å². The van der Waals surface area contributed by atoms with Gasteiger partial charge in [0.15, 0.2) is 0 Å². The van der Waals surface area contributed by atoms with Crippen molar-refractivity contribution in [1.29, 1.82) is 0 Å². The largest absolute Gasteiger partial charge is 0.494 e. The van der Waals surface area contributed by atoms with E-state index in [4.69, 9.17) is 4.74 Å². The van der Waals surface area contributed by atoms with Crippen LogP contribution in [-0.4, -0.2) is 55.2 Å². The third-order valence-corrected chi connectivity index (χ3v) is 6.00. The number of para-hydroxylation sites is 1. The molecule has 0 spiro atoms. The number of rotatable bonds is 6. The molecule has 0 atom stereocenters. The average Bonchev–Trinajstić information content (AvgIpc) is 2.85. The highest BCUT2D eigenvalue weighted by atomic mass is 16.5. The SMILES string of the molecule is COc1cc(N2CCN(C)CC2)ccc1Nc1cc(Nc2ccnc3ccccc23)ccn1. The second kappa shape index (κ2) is 9.34. The van der Waals surface area contributed by atoms with Crippen molar-refractivity contribution in [3.05, 3.63) is 73.1 Å². The molecule has 0 unspecified atom stereocenters. The maximum atomic E-state index is 5.69. The van der Waals surface area contributed by atoms with Gasteiger partial charge in [0.05, 0.1) is 18.3 Å². The Bertz CT molecular complexity index is 1250. The van der Waals surface area contributed by atoms with Gasteiger partial charge in [-0.2, -0.15) is 0 Å². The van der Waals surface area contributed by atoms with E-state index >= 15 is 0 Å². The molecule has 5 rings (SSSR count). The Balaban J connectivity index is 1.35. The zero-order valence-electron chi connectivity index (χ0n) is 19.0. The van der Waals surface area contributed by atoms with Gasteiger partial charge in [-0.1, -0.05) is 18.2 Å². The van der Waals surface area contributed by atoms with E-state index in [0.717, 1.165) is 65.7 Å². The number of benzene rings is 2. The van der Waals surface area contributed by atoms with Crippen LogP contribution >= 0.6 is 0 Å². The van der Waals surface area contributed by atoms with E-state index in [0.29, 0.717) is 0 Å². The average molecular weight is 441 g/mol. The second-order valence-corrected chi connectivity index (χ2v) is 8.23. The van der Waals surface area contributed by atoms with Gasteiger partial charge in [-0.05, 0) is 37.4 Å². The molecule has 2 N–H and O–H groups in total. The molecule has 7 heteroatoms. The van der Waals surface area contributed by atoms with Crippen LogP contribution in [0.3, 0.4) is 0 Å². The monoisotopic (exact) mass is 440 g/mol. The molecule has 1 fully saturated rings. The Kier molecular flexibility index (Phi) is 5.95. The number of aromatic nitrogens is 2. The molecule has 33 heavy (non-hydrogen) atoms. The lowest BCUT2D eigenvalue weighted by Crippen LogP contribution is -2.44. The molecule has 168 valence electrons. The third-order valence-electron chi connectivity index (χ3n) is 6.00. The number of piperazine rings is 1. The lowest BCUT2D eigenvalue weighted by atomic mass is 10.2. The standard InChI is InChI=1S/C26H28N6O/c1-31-13-15-32(16-14-31)20-7-8-24(25(18-20)33-2)30-26-17-19(9-11-28-26)29-23-10-12-27-22-6-4-3-5-21(22)23/h3-12,17-18H,13-16H2,1-2H3,(H2,27,28,29,30). The lowest BCUT2D eigenvalue weighted by molar-refractivity contribution is 0.312. The molecule has 1 saturated heterocycles. The summed E-state index contributed by atoms with van der Waals surface area (Å²) in [5.41, 5.74) is 4.97. The van der Waals surface area contributed by atoms with Gasteiger partial charge in [0.2, 0.25) is 0 Å². The second-order valence-electron chi connectivity index (χ2n) is 8.23. The molecule has 7 nitrogen and oxygen atoms in total. The van der Waals surface area contributed by atoms with Crippen LogP contribution < -0.4 is 20.3 Å². The molecule has 2 aromatic heterocycles. The van der Waals surface area contributed by atoms with Gasteiger partial charge >= 0.3 is 0 Å². The van der Waals surface area contributed by atoms with E-state index in [9.17, 15) is 0 Å². The van der Waals surface area contributed by atoms with Crippen LogP contribution in [-0.2, 0) is 0 Å². The number of nitrogens with zero attached hydrogens (tertiary/aromatic N) is 4. The first-order valence-corrected chi connectivity index (χ1v) is 11.1. The highest BCUT2D eigenvalue weighted by Gasteiger charge is 2.16. The predicted molar refractivity (Wildman–Crippen MR) is 135 cm³/mol. The normalized spacial score (nSPS) is 14.3. The maximum Gasteiger partial charge on any atom is 0.144 e. The van der Waals surface area contributed by atoms with E-state index in [2.05, 4.69) is 61.7 Å². The van der Waals surface area contributed by atoms with Gasteiger partial charge in [0.1, 0.15) is 11.6 Å². The minimum absolute atomic E-state index is 0.740. The predicted octanol–water partition coefficient (Wildman–Crippen LogP) is 4.88. The fourth-order valence-corrected chi connectivity index (χ4v) is 4.12. The number of nitrogens with one attached hydrogen (secondary N) is 2. The number of hydrogen-bond donors (Lipinski definition) is 2. The first-order valence-electron chi connectivity index (χ1n) is 11.1. The summed E-state index contributed by atoms with van der Waals surface area (Å²) in [6.45, 7) is 4.17. The van der Waals surface area contributed by atoms with Crippen molar-refractivity contribution in [3.8, 4) is 5.75 Å². The molecule has 0 bridgehead atoms. The minimum atomic E-state index is 0.740. The quantitative estimate of drug-likeness (QED) is 0.443. The van der Waals surface area contributed by atoms with Crippen LogP contribution in [0.1, 0.15) is 0 Å². The summed E-state index contributed by atoms with van der Waals surface area (Å²) < 4.78 is 5.69. The minimum Gasteiger partial charge on any atom is -0.494 e. The van der Waals surface area contributed by atoms with E-state index in [-0.39, 0.29) is 0 Å². The molecule has 3 heterocycles. The van der Waals surface area contributed by atoms with Gasteiger partial charge in [-0.3, -0.25) is 4.98 Å². The highest BCUT2D eigenvalue weighted by molar-refractivity contribution is 5.92. The summed E-state index contributed by atoms with van der Waals surface area (Å²) in [5.74, 6) is 1.54. The highest BCUT2D eigenvalue weighted by Crippen LogP contribution is 2.33. The number of hydrogen-bond acceptors (Lipinski definition) is 7. The topological polar surface area (TPSA) is 65.6 Å². The third kappa shape index (κ3) is 4.68. The van der Waals surface area contributed by atoms with Gasteiger partial charge in [-0.15, -0.1) is 0 Å². The number of ether oxygens (including phenoxy) is 1. The fourth-order valence-electron chi connectivity index (χ4n) is 4.12. The molecule has 4 aromatic rings. The fraction of sp³-hybridized carbons (Fsp3) is 0.231. The summed E-state index contributed by atoms with van der Waals surface area (Å²) in [4.78, 5) is 13.7. The summed E-state index contributed by atoms with van der Waals surface area (Å²) in [7, 11) is 3.87. The van der Waals surface area contributed by atoms with Crippen molar-refractivity contribution in [2.75, 3.05) is 55.9 Å². The van der Waals surface area contributed by atoms with Gasteiger partial charge in [0, 0.05) is 73.2 Å². The molecule has 1 aliphatic heterocycles. The Morgan fingerprint density at radius 1 is 0.818 bits per heavy atom. The summed E-state index contributed by atoms with van der Waals surface area (Å²) in [6, 6.07) is 20.3. The zero-order chi connectivity index (χ0) is 22.6. The Labute approximate surface area is 194 Å². The molecule has 2 aromatic carbocycles. The molecular formula is C26H28N6O. The Hall–Kier alpha value is -3.84. The summed E-state index contributed by atoms with van der Waals surface area (Å²) in [5, 5.41) is 7.98. The van der Waals surface area contributed by atoms with Crippen LogP contribution in [0.25, 0.3) is 10.9 Å². The van der Waals surface area contributed by atoms with Gasteiger partial charge in [-0.25, -0.2) is 4.98 Å². The zero-order valence-corrected chi connectivity index (χ0v) is 19.0. The number of anilines is 5. The number of pyridine rings is 2. The summed E-state index contributed by atoms with van der Waals surface area (Å²) in [6.07, 6.45) is 3.61. The van der Waals surface area contributed by atoms with E-state index in [1.54, 1.807) is 13.3 Å². The molecule has 0 radical (unpaired) electrons.